The molecule has 0 bridgehead atoms. The molecule has 1 amide bonds. The molecule has 0 aliphatic carbocycles. The molecular weight excluding hydrogens is 328 g/mol. The van der Waals surface area contributed by atoms with E-state index in [1.165, 1.54) is 0 Å². The highest BCUT2D eigenvalue weighted by Crippen LogP contribution is 2.19. The summed E-state index contributed by atoms with van der Waals surface area (Å²) in [4.78, 5) is 11.5. The molecule has 0 atom stereocenters. The second kappa shape index (κ2) is 6.30. The quantitative estimate of drug-likeness (QED) is 0.652. The number of hydrogen-bond donors (Lipinski definition) is 2. The lowest BCUT2D eigenvalue weighted by Crippen LogP contribution is -2.25. The summed E-state index contributed by atoms with van der Waals surface area (Å²) in [5.74, 6) is -0.141. The minimum absolute atomic E-state index is 0.0818. The number of carbonyl (C=O) groups is 1. The van der Waals surface area contributed by atoms with Gasteiger partial charge in [0.1, 0.15) is 0 Å². The first-order valence-electron chi connectivity index (χ1n) is 4.49. The van der Waals surface area contributed by atoms with Crippen molar-refractivity contribution in [2.45, 2.75) is 6.42 Å². The van der Waals surface area contributed by atoms with Gasteiger partial charge in [0.15, 0.2) is 0 Å². The summed E-state index contributed by atoms with van der Waals surface area (Å²) in [6.45, 7) is 0.562. The Labute approximate surface area is 107 Å². The highest BCUT2D eigenvalue weighted by Gasteiger charge is 2.06. The molecule has 1 aromatic rings. The van der Waals surface area contributed by atoms with E-state index in [-0.39, 0.29) is 12.5 Å². The minimum Gasteiger partial charge on any atom is -0.396 e. The number of rotatable bonds is 4. The second-order valence-corrected chi connectivity index (χ2v) is 4.53. The zero-order valence-corrected chi connectivity index (χ0v) is 10.9. The number of aliphatic hydroxyl groups is 1. The van der Waals surface area contributed by atoms with Gasteiger partial charge in [0, 0.05) is 22.3 Å². The Morgan fingerprint density at radius 2 is 2.27 bits per heavy atom. The van der Waals surface area contributed by atoms with Gasteiger partial charge in [-0.15, -0.1) is 0 Å². The first-order valence-corrected chi connectivity index (χ1v) is 5.95. The molecule has 0 unspecified atom stereocenters. The van der Waals surface area contributed by atoms with Crippen molar-refractivity contribution in [1.82, 2.24) is 5.32 Å². The van der Waals surface area contributed by atoms with E-state index in [0.717, 1.165) is 3.57 Å². The first-order chi connectivity index (χ1) is 7.15. The van der Waals surface area contributed by atoms with Crippen molar-refractivity contribution in [2.75, 3.05) is 13.2 Å². The summed E-state index contributed by atoms with van der Waals surface area (Å²) >= 11 is 7.92. The van der Waals surface area contributed by atoms with Crippen molar-refractivity contribution in [3.05, 3.63) is 32.4 Å². The fraction of sp³-hybridized carbons (Fsp3) is 0.300. The van der Waals surface area contributed by atoms with Gasteiger partial charge in [0.05, 0.1) is 5.02 Å². The molecule has 1 rings (SSSR count). The van der Waals surface area contributed by atoms with E-state index in [9.17, 15) is 4.79 Å². The first kappa shape index (κ1) is 12.7. The van der Waals surface area contributed by atoms with Crippen LogP contribution < -0.4 is 5.32 Å². The molecule has 0 fully saturated rings. The topological polar surface area (TPSA) is 49.3 Å². The summed E-state index contributed by atoms with van der Waals surface area (Å²) in [7, 11) is 0. The maximum atomic E-state index is 11.5. The van der Waals surface area contributed by atoms with Crippen molar-refractivity contribution in [3.8, 4) is 0 Å². The average Bonchev–Trinajstić information content (AvgIpc) is 2.22. The normalized spacial score (nSPS) is 10.1. The lowest BCUT2D eigenvalue weighted by atomic mass is 10.2. The fourth-order valence-corrected chi connectivity index (χ4v) is 1.65. The van der Waals surface area contributed by atoms with E-state index in [1.807, 2.05) is 0 Å². The second-order valence-electron chi connectivity index (χ2n) is 2.96. The molecule has 0 radical (unpaired) electrons. The van der Waals surface area contributed by atoms with Gasteiger partial charge in [0.2, 0.25) is 0 Å². The van der Waals surface area contributed by atoms with Gasteiger partial charge in [0.25, 0.3) is 5.91 Å². The lowest BCUT2D eigenvalue weighted by molar-refractivity contribution is 0.0951. The number of halogens is 2. The zero-order chi connectivity index (χ0) is 11.3. The molecule has 0 saturated heterocycles. The van der Waals surface area contributed by atoms with Gasteiger partial charge in [-0.1, -0.05) is 11.6 Å². The van der Waals surface area contributed by atoms with Crippen molar-refractivity contribution in [2.24, 2.45) is 0 Å². The molecule has 0 aromatic heterocycles. The summed E-state index contributed by atoms with van der Waals surface area (Å²) < 4.78 is 0.851. The molecule has 5 heteroatoms. The molecule has 0 saturated carbocycles. The van der Waals surface area contributed by atoms with Crippen LogP contribution in [-0.4, -0.2) is 24.2 Å². The van der Waals surface area contributed by atoms with Gasteiger partial charge < -0.3 is 10.4 Å². The Hall–Kier alpha value is -0.330. The van der Waals surface area contributed by atoms with Gasteiger partial charge in [-0.3, -0.25) is 4.79 Å². The molecule has 15 heavy (non-hydrogen) atoms. The Bertz CT molecular complexity index is 357. The van der Waals surface area contributed by atoms with Crippen LogP contribution in [0.25, 0.3) is 0 Å². The van der Waals surface area contributed by atoms with Gasteiger partial charge in [-0.25, -0.2) is 0 Å². The van der Waals surface area contributed by atoms with Crippen LogP contribution in [0.3, 0.4) is 0 Å². The predicted molar refractivity (Wildman–Crippen MR) is 68.2 cm³/mol. The Morgan fingerprint density at radius 3 is 2.87 bits per heavy atom. The van der Waals surface area contributed by atoms with E-state index in [2.05, 4.69) is 27.9 Å². The molecule has 0 aliphatic heterocycles. The van der Waals surface area contributed by atoms with E-state index < -0.39 is 0 Å². The van der Waals surface area contributed by atoms with Crippen LogP contribution in [0, 0.1) is 3.57 Å². The summed E-state index contributed by atoms with van der Waals surface area (Å²) in [5.41, 5.74) is 0.585. The molecule has 0 spiro atoms. The average molecular weight is 340 g/mol. The van der Waals surface area contributed by atoms with Crippen LogP contribution in [0.1, 0.15) is 16.8 Å². The lowest BCUT2D eigenvalue weighted by Gasteiger charge is -2.04. The Kier molecular flexibility index (Phi) is 5.35. The third kappa shape index (κ3) is 3.96. The van der Waals surface area contributed by atoms with Gasteiger partial charge in [-0.05, 0) is 47.2 Å². The number of carbonyl (C=O) groups excluding carboxylic acids is 1. The largest absolute Gasteiger partial charge is 0.396 e. The van der Waals surface area contributed by atoms with Crippen LogP contribution in [0.2, 0.25) is 5.02 Å². The molecule has 3 nitrogen and oxygen atoms in total. The number of nitrogens with one attached hydrogen (secondary N) is 1. The maximum Gasteiger partial charge on any atom is 0.251 e. The standard InChI is InChI=1S/C10H11ClINO2/c11-8-3-2-7(6-9(8)12)10(15)13-4-1-5-14/h2-3,6,14H,1,4-5H2,(H,13,15). The van der Waals surface area contributed by atoms with Gasteiger partial charge >= 0.3 is 0 Å². The minimum atomic E-state index is -0.141. The van der Waals surface area contributed by atoms with Crippen molar-refractivity contribution >= 4 is 40.1 Å². The highest BCUT2D eigenvalue weighted by molar-refractivity contribution is 14.1. The highest BCUT2D eigenvalue weighted by atomic mass is 127. The monoisotopic (exact) mass is 339 g/mol. The van der Waals surface area contributed by atoms with Crippen molar-refractivity contribution in [3.63, 3.8) is 0 Å². The third-order valence-corrected chi connectivity index (χ3v) is 3.34. The SMILES string of the molecule is O=C(NCCCO)c1ccc(Cl)c(I)c1. The molecule has 0 aliphatic rings. The van der Waals surface area contributed by atoms with Crippen molar-refractivity contribution < 1.29 is 9.90 Å². The van der Waals surface area contributed by atoms with Crippen LogP contribution >= 0.6 is 34.2 Å². The van der Waals surface area contributed by atoms with Crippen LogP contribution in [0.4, 0.5) is 0 Å². The molecule has 1 aromatic carbocycles. The number of benzene rings is 1. The molecule has 82 valence electrons. The van der Waals surface area contributed by atoms with E-state index >= 15 is 0 Å². The molecule has 2 N–H and O–H groups in total. The van der Waals surface area contributed by atoms with Gasteiger partial charge in [-0.2, -0.15) is 0 Å². The Balaban J connectivity index is 2.62. The maximum absolute atomic E-state index is 11.5. The molecular formula is C10H11ClINO2. The van der Waals surface area contributed by atoms with Crippen LogP contribution in [0.15, 0.2) is 18.2 Å². The zero-order valence-electron chi connectivity index (χ0n) is 7.96. The Morgan fingerprint density at radius 1 is 1.53 bits per heavy atom. The third-order valence-electron chi connectivity index (χ3n) is 1.80. The summed E-state index contributed by atoms with van der Waals surface area (Å²) in [6.07, 6.45) is 0.566. The van der Waals surface area contributed by atoms with E-state index in [1.54, 1.807) is 18.2 Å². The predicted octanol–water partition coefficient (Wildman–Crippen LogP) is 2.06. The number of amides is 1. The summed E-state index contributed by atoms with van der Waals surface area (Å²) in [6, 6.07) is 5.11. The van der Waals surface area contributed by atoms with Crippen molar-refractivity contribution in [1.29, 1.82) is 0 Å². The van der Waals surface area contributed by atoms with Crippen LogP contribution in [0.5, 0.6) is 0 Å². The smallest absolute Gasteiger partial charge is 0.251 e. The van der Waals surface area contributed by atoms with Crippen LogP contribution in [-0.2, 0) is 0 Å². The van der Waals surface area contributed by atoms with E-state index in [4.69, 9.17) is 16.7 Å². The number of hydrogen-bond acceptors (Lipinski definition) is 2. The molecule has 0 heterocycles. The number of aliphatic hydroxyl groups excluding tert-OH is 1. The summed E-state index contributed by atoms with van der Waals surface area (Å²) in [5, 5.41) is 11.9. The van der Waals surface area contributed by atoms with E-state index in [0.29, 0.717) is 23.6 Å². The fourth-order valence-electron chi connectivity index (χ4n) is 1.02.